The fourth-order valence-corrected chi connectivity index (χ4v) is 3.57. The number of halogens is 1. The van der Waals surface area contributed by atoms with Crippen LogP contribution in [-0.4, -0.2) is 86.0 Å². The summed E-state index contributed by atoms with van der Waals surface area (Å²) >= 11 is 0. The minimum absolute atomic E-state index is 0. The Labute approximate surface area is 156 Å². The summed E-state index contributed by atoms with van der Waals surface area (Å²) in [6, 6.07) is 0. The molecule has 134 valence electrons. The summed E-state index contributed by atoms with van der Waals surface area (Å²) in [6.07, 6.45) is 4.17. The van der Waals surface area contributed by atoms with Gasteiger partial charge in [-0.15, -0.1) is 24.0 Å². The van der Waals surface area contributed by atoms with Crippen LogP contribution < -0.4 is 5.32 Å². The van der Waals surface area contributed by atoms with Gasteiger partial charge in [0.1, 0.15) is 0 Å². The van der Waals surface area contributed by atoms with Crippen LogP contribution in [0.5, 0.6) is 0 Å². The molecular weight excluding hydrogens is 407 g/mol. The van der Waals surface area contributed by atoms with Crippen LogP contribution in [0.25, 0.3) is 0 Å². The zero-order chi connectivity index (χ0) is 15.4. The normalized spacial score (nSPS) is 28.2. The summed E-state index contributed by atoms with van der Waals surface area (Å²) in [5.41, 5.74) is -0.500. The molecule has 7 heteroatoms. The number of rotatable bonds is 4. The third-order valence-corrected chi connectivity index (χ3v) is 5.28. The van der Waals surface area contributed by atoms with E-state index in [0.717, 1.165) is 70.5 Å². The smallest absolute Gasteiger partial charge is 0.193 e. The summed E-state index contributed by atoms with van der Waals surface area (Å²) in [7, 11) is 1.83. The molecule has 3 fully saturated rings. The highest BCUT2D eigenvalue weighted by Crippen LogP contribution is 2.30. The summed E-state index contributed by atoms with van der Waals surface area (Å²) in [5, 5.41) is 13.6. The van der Waals surface area contributed by atoms with E-state index >= 15 is 0 Å². The van der Waals surface area contributed by atoms with Gasteiger partial charge in [-0.2, -0.15) is 0 Å². The first-order chi connectivity index (χ1) is 10.7. The third-order valence-electron chi connectivity index (χ3n) is 5.28. The van der Waals surface area contributed by atoms with Crippen LogP contribution in [-0.2, 0) is 4.74 Å². The van der Waals surface area contributed by atoms with Gasteiger partial charge in [-0.05, 0) is 31.6 Å². The van der Waals surface area contributed by atoms with Crippen LogP contribution in [0.15, 0.2) is 4.99 Å². The molecule has 0 aromatic carbocycles. The molecule has 0 bridgehead atoms. The van der Waals surface area contributed by atoms with Crippen molar-refractivity contribution < 1.29 is 9.84 Å². The van der Waals surface area contributed by atoms with E-state index < -0.39 is 5.60 Å². The first-order valence-corrected chi connectivity index (χ1v) is 8.67. The van der Waals surface area contributed by atoms with Crippen LogP contribution >= 0.6 is 24.0 Å². The number of aliphatic hydroxyl groups is 1. The molecule has 1 atom stereocenters. The van der Waals surface area contributed by atoms with E-state index in [1.807, 2.05) is 7.05 Å². The van der Waals surface area contributed by atoms with Crippen molar-refractivity contribution in [2.45, 2.75) is 31.3 Å². The minimum Gasteiger partial charge on any atom is -0.388 e. The standard InChI is InChI=1S/C16H30N4O2.HI/c1-17-15(18-13-16(21)4-2-5-16)20-8-6-19(7-9-20)11-14-3-10-22-12-14;/h14,21H,2-13H2,1H3,(H,17,18);1H. The second-order valence-corrected chi connectivity index (χ2v) is 7.00. The van der Waals surface area contributed by atoms with Crippen molar-refractivity contribution in [2.75, 3.05) is 59.5 Å². The Hall–Kier alpha value is -0.120. The quantitative estimate of drug-likeness (QED) is 0.386. The monoisotopic (exact) mass is 438 g/mol. The Balaban J connectivity index is 0.00000192. The van der Waals surface area contributed by atoms with E-state index in [2.05, 4.69) is 20.1 Å². The van der Waals surface area contributed by atoms with Crippen LogP contribution in [0.4, 0.5) is 0 Å². The molecule has 2 aliphatic heterocycles. The van der Waals surface area contributed by atoms with Gasteiger partial charge in [0.2, 0.25) is 0 Å². The average molecular weight is 438 g/mol. The van der Waals surface area contributed by atoms with Gasteiger partial charge in [0, 0.05) is 52.9 Å². The van der Waals surface area contributed by atoms with Crippen LogP contribution in [0, 0.1) is 5.92 Å². The van der Waals surface area contributed by atoms with Gasteiger partial charge in [0.15, 0.2) is 5.96 Å². The van der Waals surface area contributed by atoms with E-state index in [9.17, 15) is 5.11 Å². The largest absolute Gasteiger partial charge is 0.388 e. The predicted octanol–water partition coefficient (Wildman–Crippen LogP) is 0.749. The number of nitrogens with one attached hydrogen (secondary N) is 1. The number of ether oxygens (including phenoxy) is 1. The molecular formula is C16H31IN4O2. The Bertz CT molecular complexity index is 390. The van der Waals surface area contributed by atoms with Crippen molar-refractivity contribution in [3.63, 3.8) is 0 Å². The van der Waals surface area contributed by atoms with Gasteiger partial charge in [0.05, 0.1) is 12.2 Å². The predicted molar refractivity (Wildman–Crippen MR) is 103 cm³/mol. The van der Waals surface area contributed by atoms with Crippen LogP contribution in [0.3, 0.4) is 0 Å². The maximum absolute atomic E-state index is 10.2. The summed E-state index contributed by atoms with van der Waals surface area (Å²) < 4.78 is 5.47. The van der Waals surface area contributed by atoms with Gasteiger partial charge in [-0.3, -0.25) is 9.89 Å². The Morgan fingerprint density at radius 1 is 1.30 bits per heavy atom. The number of nitrogens with zero attached hydrogens (tertiary/aromatic N) is 3. The van der Waals surface area contributed by atoms with Crippen molar-refractivity contribution in [2.24, 2.45) is 10.9 Å². The first-order valence-electron chi connectivity index (χ1n) is 8.67. The minimum atomic E-state index is -0.500. The summed E-state index contributed by atoms with van der Waals surface area (Å²) in [4.78, 5) is 9.24. The Morgan fingerprint density at radius 2 is 2.04 bits per heavy atom. The highest BCUT2D eigenvalue weighted by atomic mass is 127. The van der Waals surface area contributed by atoms with Gasteiger partial charge >= 0.3 is 0 Å². The summed E-state index contributed by atoms with van der Waals surface area (Å²) in [6.45, 7) is 7.84. The second kappa shape index (κ2) is 8.82. The number of hydrogen-bond donors (Lipinski definition) is 2. The molecule has 0 amide bonds. The average Bonchev–Trinajstić information content (AvgIpc) is 3.00. The lowest BCUT2D eigenvalue weighted by Gasteiger charge is -2.40. The van der Waals surface area contributed by atoms with Crippen LogP contribution in [0.2, 0.25) is 0 Å². The molecule has 2 N–H and O–H groups in total. The van der Waals surface area contributed by atoms with Crippen LogP contribution in [0.1, 0.15) is 25.7 Å². The lowest BCUT2D eigenvalue weighted by atomic mass is 9.80. The molecule has 1 unspecified atom stereocenters. The molecule has 0 spiro atoms. The molecule has 3 aliphatic rings. The number of hydrogen-bond acceptors (Lipinski definition) is 4. The van der Waals surface area contributed by atoms with Gasteiger partial charge in [-0.25, -0.2) is 0 Å². The van der Waals surface area contributed by atoms with Crippen molar-refractivity contribution in [3.05, 3.63) is 0 Å². The van der Waals surface area contributed by atoms with Crippen molar-refractivity contribution in [1.82, 2.24) is 15.1 Å². The molecule has 3 rings (SSSR count). The molecule has 1 saturated carbocycles. The number of guanidine groups is 1. The van der Waals surface area contributed by atoms with Crippen molar-refractivity contribution >= 4 is 29.9 Å². The lowest BCUT2D eigenvalue weighted by Crippen LogP contribution is -2.56. The summed E-state index contributed by atoms with van der Waals surface area (Å²) in [5.74, 6) is 1.65. The van der Waals surface area contributed by atoms with E-state index in [1.165, 1.54) is 13.0 Å². The van der Waals surface area contributed by atoms with Gasteiger partial charge in [-0.1, -0.05) is 0 Å². The van der Waals surface area contributed by atoms with Crippen molar-refractivity contribution in [3.8, 4) is 0 Å². The topological polar surface area (TPSA) is 60.3 Å². The fourth-order valence-electron chi connectivity index (χ4n) is 3.57. The Morgan fingerprint density at radius 3 is 2.57 bits per heavy atom. The van der Waals surface area contributed by atoms with Gasteiger partial charge < -0.3 is 20.1 Å². The highest BCUT2D eigenvalue weighted by molar-refractivity contribution is 14.0. The Kier molecular flexibility index (Phi) is 7.37. The molecule has 0 aromatic rings. The van der Waals surface area contributed by atoms with E-state index in [-0.39, 0.29) is 24.0 Å². The molecule has 2 heterocycles. The lowest BCUT2D eigenvalue weighted by molar-refractivity contribution is -0.0284. The number of aliphatic imine (C=N–C) groups is 1. The highest BCUT2D eigenvalue weighted by Gasteiger charge is 2.34. The van der Waals surface area contributed by atoms with E-state index in [0.29, 0.717) is 6.54 Å². The fraction of sp³-hybridized carbons (Fsp3) is 0.938. The second-order valence-electron chi connectivity index (χ2n) is 7.00. The molecule has 1 aliphatic carbocycles. The molecule has 6 nitrogen and oxygen atoms in total. The van der Waals surface area contributed by atoms with E-state index in [1.54, 1.807) is 0 Å². The molecule has 0 radical (unpaired) electrons. The SMILES string of the molecule is CN=C(NCC1(O)CCC1)N1CCN(CC2CCOC2)CC1.I. The zero-order valence-electron chi connectivity index (χ0n) is 14.2. The molecule has 0 aromatic heterocycles. The van der Waals surface area contributed by atoms with Gasteiger partial charge in [0.25, 0.3) is 0 Å². The van der Waals surface area contributed by atoms with E-state index in [4.69, 9.17) is 4.74 Å². The maximum Gasteiger partial charge on any atom is 0.193 e. The van der Waals surface area contributed by atoms with Crippen molar-refractivity contribution in [1.29, 1.82) is 0 Å². The third kappa shape index (κ3) is 5.17. The zero-order valence-corrected chi connectivity index (χ0v) is 16.5. The first kappa shape index (κ1) is 19.2. The molecule has 2 saturated heterocycles. The number of piperazine rings is 1. The maximum atomic E-state index is 10.2. The molecule has 23 heavy (non-hydrogen) atoms.